The molecular formula is C29H28N4O2. The highest BCUT2D eigenvalue weighted by Gasteiger charge is 2.25. The summed E-state index contributed by atoms with van der Waals surface area (Å²) in [6.45, 7) is 6.89. The highest BCUT2D eigenvalue weighted by atomic mass is 16.2. The lowest BCUT2D eigenvalue weighted by atomic mass is 9.90. The van der Waals surface area contributed by atoms with Crippen LogP contribution in [0.4, 0.5) is 5.69 Å². The molecule has 35 heavy (non-hydrogen) atoms. The number of fused-ring (bicyclic) bond motifs is 1. The number of pyridine rings is 1. The van der Waals surface area contributed by atoms with Gasteiger partial charge in [0.2, 0.25) is 10.9 Å². The molecule has 0 bridgehead atoms. The molecule has 2 aromatic heterocycles. The Kier molecular flexibility index (Phi) is 5.59. The van der Waals surface area contributed by atoms with Gasteiger partial charge < -0.3 is 9.47 Å². The molecule has 0 spiro atoms. The second kappa shape index (κ2) is 8.62. The molecule has 0 aliphatic heterocycles. The van der Waals surface area contributed by atoms with E-state index in [0.717, 1.165) is 56.9 Å². The van der Waals surface area contributed by atoms with Crippen molar-refractivity contribution in [3.8, 4) is 22.3 Å². The van der Waals surface area contributed by atoms with E-state index in [-0.39, 0.29) is 0 Å². The van der Waals surface area contributed by atoms with E-state index in [0.29, 0.717) is 17.8 Å². The first-order valence-corrected chi connectivity index (χ1v) is 11.8. The van der Waals surface area contributed by atoms with Gasteiger partial charge in [0.25, 0.3) is 0 Å². The van der Waals surface area contributed by atoms with Crippen LogP contribution < -0.4 is 15.8 Å². The molecule has 0 amide bonds. The molecule has 0 saturated carbocycles. The third kappa shape index (κ3) is 3.75. The molecule has 3 aromatic carbocycles. The number of imidazole rings is 1. The van der Waals surface area contributed by atoms with Crippen LogP contribution in [-0.4, -0.2) is 28.6 Å². The van der Waals surface area contributed by atoms with Gasteiger partial charge in [0, 0.05) is 26.2 Å². The number of benzene rings is 2. The van der Waals surface area contributed by atoms with Crippen molar-refractivity contribution in [3.63, 3.8) is 0 Å². The summed E-state index contributed by atoms with van der Waals surface area (Å²) in [7, 11) is 3.58. The van der Waals surface area contributed by atoms with Gasteiger partial charge in [-0.2, -0.15) is 0 Å². The summed E-state index contributed by atoms with van der Waals surface area (Å²) in [5.74, 6) is 1.02. The number of aromatic nitrogens is 3. The van der Waals surface area contributed by atoms with E-state index < -0.39 is 10.9 Å². The number of rotatable bonds is 6. The SMILES string of the molecule is CCc1nc2c(C)cc(C)nc2n1Cc1ccc(-c2ccccc2-c2c(N(C)C)c(=O)c2=O)cc1. The van der Waals surface area contributed by atoms with Crippen molar-refractivity contribution in [3.05, 3.63) is 97.7 Å². The van der Waals surface area contributed by atoms with Crippen LogP contribution in [-0.2, 0) is 13.0 Å². The number of anilines is 1. The molecule has 6 nitrogen and oxygen atoms in total. The Morgan fingerprint density at radius 3 is 2.23 bits per heavy atom. The summed E-state index contributed by atoms with van der Waals surface area (Å²) in [6.07, 6.45) is 0.830. The molecule has 176 valence electrons. The summed E-state index contributed by atoms with van der Waals surface area (Å²) in [5.41, 5.74) is 8.00. The van der Waals surface area contributed by atoms with Crippen molar-refractivity contribution in [1.82, 2.24) is 14.5 Å². The first-order valence-electron chi connectivity index (χ1n) is 11.8. The van der Waals surface area contributed by atoms with E-state index in [1.54, 1.807) is 19.0 Å². The van der Waals surface area contributed by atoms with E-state index in [9.17, 15) is 9.59 Å². The van der Waals surface area contributed by atoms with Crippen molar-refractivity contribution in [2.75, 3.05) is 19.0 Å². The minimum atomic E-state index is -0.423. The Hall–Kier alpha value is -4.06. The van der Waals surface area contributed by atoms with E-state index >= 15 is 0 Å². The smallest absolute Gasteiger partial charge is 0.250 e. The van der Waals surface area contributed by atoms with E-state index in [4.69, 9.17) is 9.97 Å². The Balaban J connectivity index is 1.52. The number of hydrogen-bond donors (Lipinski definition) is 0. The molecule has 0 atom stereocenters. The predicted octanol–water partition coefficient (Wildman–Crippen LogP) is 4.65. The van der Waals surface area contributed by atoms with Crippen molar-refractivity contribution in [2.24, 2.45) is 0 Å². The zero-order valence-electron chi connectivity index (χ0n) is 20.7. The van der Waals surface area contributed by atoms with Crippen LogP contribution in [0.2, 0.25) is 0 Å². The van der Waals surface area contributed by atoms with E-state index in [2.05, 4.69) is 48.7 Å². The molecule has 0 radical (unpaired) electrons. The van der Waals surface area contributed by atoms with Crippen LogP contribution in [0.25, 0.3) is 33.4 Å². The predicted molar refractivity (Wildman–Crippen MR) is 142 cm³/mol. The zero-order chi connectivity index (χ0) is 24.9. The average molecular weight is 465 g/mol. The molecule has 5 rings (SSSR count). The zero-order valence-corrected chi connectivity index (χ0v) is 20.7. The monoisotopic (exact) mass is 464 g/mol. The maximum Gasteiger partial charge on any atom is 0.250 e. The number of nitrogens with zero attached hydrogens (tertiary/aromatic N) is 4. The molecule has 0 aliphatic rings. The fourth-order valence-electron chi connectivity index (χ4n) is 4.87. The van der Waals surface area contributed by atoms with Gasteiger partial charge in [0.15, 0.2) is 5.65 Å². The van der Waals surface area contributed by atoms with Crippen LogP contribution in [0.15, 0.2) is 64.2 Å². The summed E-state index contributed by atoms with van der Waals surface area (Å²) in [6, 6.07) is 18.2. The van der Waals surface area contributed by atoms with Gasteiger partial charge in [0.05, 0.1) is 12.1 Å². The molecule has 0 unspecified atom stereocenters. The van der Waals surface area contributed by atoms with Crippen molar-refractivity contribution >= 4 is 16.9 Å². The van der Waals surface area contributed by atoms with Crippen LogP contribution in [0.1, 0.15) is 29.6 Å². The highest BCUT2D eigenvalue weighted by Crippen LogP contribution is 2.35. The topological polar surface area (TPSA) is 68.1 Å². The summed E-state index contributed by atoms with van der Waals surface area (Å²) in [4.78, 5) is 36.0. The van der Waals surface area contributed by atoms with E-state index in [1.165, 1.54) is 0 Å². The normalized spacial score (nSPS) is 11.5. The van der Waals surface area contributed by atoms with E-state index in [1.807, 2.05) is 31.2 Å². The van der Waals surface area contributed by atoms with Gasteiger partial charge in [-0.25, -0.2) is 9.97 Å². The van der Waals surface area contributed by atoms with Gasteiger partial charge in [-0.15, -0.1) is 0 Å². The second-order valence-corrected chi connectivity index (χ2v) is 9.24. The first-order chi connectivity index (χ1) is 16.8. The lowest BCUT2D eigenvalue weighted by Gasteiger charge is -2.20. The van der Waals surface area contributed by atoms with Gasteiger partial charge in [-0.05, 0) is 47.7 Å². The quantitative estimate of drug-likeness (QED) is 0.342. The van der Waals surface area contributed by atoms with Gasteiger partial charge >= 0.3 is 0 Å². The molecule has 0 aliphatic carbocycles. The van der Waals surface area contributed by atoms with Crippen LogP contribution in [0, 0.1) is 13.8 Å². The van der Waals surface area contributed by atoms with Crippen molar-refractivity contribution in [1.29, 1.82) is 0 Å². The maximum absolute atomic E-state index is 12.5. The largest absolute Gasteiger partial charge is 0.374 e. The molecule has 0 N–H and O–H groups in total. The standard InChI is InChI=1S/C29H28N4O2/c1-6-23-31-25-17(2)15-18(3)30-29(25)33(23)16-19-11-13-20(14-12-19)21-9-7-8-10-22(21)24-26(32(4)5)28(35)27(24)34/h7-15H,6,16H2,1-5H3. The van der Waals surface area contributed by atoms with Gasteiger partial charge in [0.1, 0.15) is 17.0 Å². The first kappa shape index (κ1) is 22.7. The summed E-state index contributed by atoms with van der Waals surface area (Å²) < 4.78 is 2.20. The molecule has 0 fully saturated rings. The van der Waals surface area contributed by atoms with Gasteiger partial charge in [-0.1, -0.05) is 55.5 Å². The number of aryl methyl sites for hydroxylation is 3. The molecule has 2 heterocycles. The Morgan fingerprint density at radius 2 is 1.57 bits per heavy atom. The summed E-state index contributed by atoms with van der Waals surface area (Å²) >= 11 is 0. The lowest BCUT2D eigenvalue weighted by molar-refractivity contribution is 0.745. The Labute approximate surface area is 204 Å². The van der Waals surface area contributed by atoms with Crippen molar-refractivity contribution < 1.29 is 0 Å². The maximum atomic E-state index is 12.5. The second-order valence-electron chi connectivity index (χ2n) is 9.24. The minimum Gasteiger partial charge on any atom is -0.374 e. The minimum absolute atomic E-state index is 0.421. The third-order valence-electron chi connectivity index (χ3n) is 6.55. The molecule has 0 saturated heterocycles. The fraction of sp³-hybridized carbons (Fsp3) is 0.241. The number of hydrogen-bond acceptors (Lipinski definition) is 5. The van der Waals surface area contributed by atoms with Crippen LogP contribution in [0.3, 0.4) is 0 Å². The molecule has 6 heteroatoms. The summed E-state index contributed by atoms with van der Waals surface area (Å²) in [5, 5.41) is 0. The molecular weight excluding hydrogens is 436 g/mol. The van der Waals surface area contributed by atoms with Crippen LogP contribution in [0.5, 0.6) is 0 Å². The van der Waals surface area contributed by atoms with Crippen molar-refractivity contribution in [2.45, 2.75) is 33.7 Å². The fourth-order valence-corrected chi connectivity index (χ4v) is 4.87. The Morgan fingerprint density at radius 1 is 0.886 bits per heavy atom. The van der Waals surface area contributed by atoms with Crippen LogP contribution >= 0.6 is 0 Å². The highest BCUT2D eigenvalue weighted by molar-refractivity contribution is 5.91. The molecule has 5 aromatic rings. The average Bonchev–Trinajstić information content (AvgIpc) is 3.19. The lowest BCUT2D eigenvalue weighted by Crippen LogP contribution is -2.39. The van der Waals surface area contributed by atoms with Gasteiger partial charge in [-0.3, -0.25) is 9.59 Å². The Bertz CT molecular complexity index is 1630. The third-order valence-corrected chi connectivity index (χ3v) is 6.55.